The van der Waals surface area contributed by atoms with Gasteiger partial charge in [-0.3, -0.25) is 9.97 Å². The molecule has 7 nitrogen and oxygen atoms in total. The molecule has 0 saturated carbocycles. The van der Waals surface area contributed by atoms with E-state index in [-0.39, 0.29) is 46.2 Å². The van der Waals surface area contributed by atoms with Gasteiger partial charge < -0.3 is 20.5 Å². The van der Waals surface area contributed by atoms with E-state index in [2.05, 4.69) is 9.97 Å². The van der Waals surface area contributed by atoms with Gasteiger partial charge in [-0.05, 0) is 17.7 Å². The summed E-state index contributed by atoms with van der Waals surface area (Å²) in [5.41, 5.74) is -0.188. The van der Waals surface area contributed by atoms with Crippen molar-refractivity contribution in [2.75, 3.05) is 0 Å². The topological polar surface area (TPSA) is 135 Å². The molecule has 0 bridgehead atoms. The fourth-order valence-electron chi connectivity index (χ4n) is 1.03. The number of hydrogen-bond donors (Lipinski definition) is 1. The molecule has 0 spiro atoms. The van der Waals surface area contributed by atoms with E-state index in [1.54, 1.807) is 24.8 Å². The average molecular weight is 286 g/mol. The molecule has 1 aromatic heterocycles. The zero-order valence-corrected chi connectivity index (χ0v) is 12.7. The molecule has 3 N–H and O–H groups in total. The van der Waals surface area contributed by atoms with Gasteiger partial charge in [0.1, 0.15) is 0 Å². The third-order valence-electron chi connectivity index (χ3n) is 1.82. The Morgan fingerprint density at radius 1 is 1.00 bits per heavy atom. The van der Waals surface area contributed by atoms with Gasteiger partial charge in [0, 0.05) is 24.8 Å². The minimum absolute atomic E-state index is 0. The van der Waals surface area contributed by atoms with Crippen LogP contribution >= 0.6 is 0 Å². The predicted molar refractivity (Wildman–Crippen MR) is 63.4 cm³/mol. The van der Waals surface area contributed by atoms with Crippen LogP contribution in [-0.2, 0) is 0 Å². The van der Waals surface area contributed by atoms with Crippen LogP contribution in [0.25, 0.3) is 0 Å². The number of carbonyl (C=O) groups excluding carboxylic acids is 1. The molecule has 0 amide bonds. The van der Waals surface area contributed by atoms with Crippen molar-refractivity contribution in [2.45, 2.75) is 0 Å². The van der Waals surface area contributed by atoms with Gasteiger partial charge in [-0.1, -0.05) is 12.1 Å². The van der Waals surface area contributed by atoms with Crippen LogP contribution in [0.1, 0.15) is 20.7 Å². The first kappa shape index (κ1) is 20.5. The summed E-state index contributed by atoms with van der Waals surface area (Å²) in [7, 11) is 0. The second kappa shape index (κ2) is 11.1. The van der Waals surface area contributed by atoms with Gasteiger partial charge in [0.05, 0.1) is 11.5 Å². The first-order valence-electron chi connectivity index (χ1n) is 4.86. The van der Waals surface area contributed by atoms with Crippen molar-refractivity contribution in [1.82, 2.24) is 9.97 Å². The Kier molecular flexibility index (Phi) is 11.3. The molecule has 1 heterocycles. The van der Waals surface area contributed by atoms with E-state index in [0.29, 0.717) is 0 Å². The van der Waals surface area contributed by atoms with Crippen molar-refractivity contribution in [3.8, 4) is 0 Å². The average Bonchev–Trinajstić information content (AvgIpc) is 2.41. The van der Waals surface area contributed by atoms with Crippen LogP contribution < -0.4 is 34.7 Å². The molecule has 2 aromatic rings. The molecule has 100 valence electrons. The Morgan fingerprint density at radius 3 is 1.80 bits per heavy atom. The fourth-order valence-corrected chi connectivity index (χ4v) is 1.03. The Hall–Kier alpha value is -1.80. The Bertz CT molecular complexity index is 480. The predicted octanol–water partition coefficient (Wildman–Crippen LogP) is -3.60. The van der Waals surface area contributed by atoms with Crippen molar-refractivity contribution in [2.24, 2.45) is 0 Å². The van der Waals surface area contributed by atoms with Gasteiger partial charge in [-0.2, -0.15) is 0 Å². The number of carboxylic acid groups (broad SMARTS) is 2. The minimum atomic E-state index is -1.38. The van der Waals surface area contributed by atoms with Gasteiger partial charge in [-0.15, -0.1) is 0 Å². The number of carboxylic acids is 2. The van der Waals surface area contributed by atoms with Crippen LogP contribution in [0.15, 0.2) is 49.1 Å². The minimum Gasteiger partial charge on any atom is -0.545 e. The second-order valence-electron chi connectivity index (χ2n) is 3.07. The fraction of sp³-hybridized carbons (Fsp3) is 0. The molecule has 2 rings (SSSR count). The smallest absolute Gasteiger partial charge is 0.545 e. The molecule has 0 fully saturated rings. The zero-order valence-electron chi connectivity index (χ0n) is 10.7. The first-order chi connectivity index (χ1) is 8.61. The van der Waals surface area contributed by atoms with E-state index in [1.807, 2.05) is 0 Å². The molecule has 1 aromatic carbocycles. The summed E-state index contributed by atoms with van der Waals surface area (Å²) in [6.45, 7) is 0. The zero-order chi connectivity index (χ0) is 13.4. The number of aromatic nitrogens is 2. The number of hydrogen-bond acceptors (Lipinski definition) is 5. The normalized spacial score (nSPS) is 8.00. The van der Waals surface area contributed by atoms with Gasteiger partial charge in [0.15, 0.2) is 0 Å². The van der Waals surface area contributed by atoms with Crippen LogP contribution in [0.4, 0.5) is 0 Å². The maximum absolute atomic E-state index is 10.4. The third-order valence-corrected chi connectivity index (χ3v) is 1.82. The molecule has 0 aliphatic heterocycles. The van der Waals surface area contributed by atoms with Gasteiger partial charge in [0.2, 0.25) is 0 Å². The van der Waals surface area contributed by atoms with Crippen molar-refractivity contribution in [1.29, 1.82) is 0 Å². The Balaban J connectivity index is 0. The summed E-state index contributed by atoms with van der Waals surface area (Å²) in [6.07, 6.45) is 6.56. The molecule has 0 aliphatic rings. The van der Waals surface area contributed by atoms with E-state index < -0.39 is 11.9 Å². The maximum Gasteiger partial charge on any atom is 1.00 e. The number of aromatic carboxylic acids is 2. The van der Waals surface area contributed by atoms with Crippen LogP contribution in [0.5, 0.6) is 0 Å². The molecule has 0 unspecified atom stereocenters. The standard InChI is InChI=1S/C8H6O4.C4H4N2.Na.H2O/c9-7(10)5-2-1-3-6(4-5)8(11)12;1-2-6-4-3-5-1;;/h1-4H,(H,9,10)(H,11,12);1-4H;;1H2/q;;+1;/p-1. The molecule has 0 atom stereocenters. The van der Waals surface area contributed by atoms with E-state index in [4.69, 9.17) is 5.11 Å². The van der Waals surface area contributed by atoms with Crippen LogP contribution in [0.3, 0.4) is 0 Å². The molecular formula is C12H11N2NaO5. The van der Waals surface area contributed by atoms with E-state index >= 15 is 0 Å². The van der Waals surface area contributed by atoms with Crippen molar-refractivity contribution >= 4 is 11.9 Å². The molecular weight excluding hydrogens is 275 g/mol. The van der Waals surface area contributed by atoms with E-state index in [1.165, 1.54) is 18.2 Å². The summed E-state index contributed by atoms with van der Waals surface area (Å²) in [6, 6.07) is 5.00. The summed E-state index contributed by atoms with van der Waals surface area (Å²) in [5.74, 6) is -2.53. The molecule has 8 heteroatoms. The summed E-state index contributed by atoms with van der Waals surface area (Å²) >= 11 is 0. The number of rotatable bonds is 2. The van der Waals surface area contributed by atoms with Crippen molar-refractivity contribution in [3.05, 3.63) is 60.2 Å². The second-order valence-corrected chi connectivity index (χ2v) is 3.07. The largest absolute Gasteiger partial charge is 1.00 e. The summed E-state index contributed by atoms with van der Waals surface area (Å²) < 4.78 is 0. The van der Waals surface area contributed by atoms with E-state index in [9.17, 15) is 14.7 Å². The molecule has 0 radical (unpaired) electrons. The van der Waals surface area contributed by atoms with Crippen LogP contribution in [0.2, 0.25) is 0 Å². The number of nitrogens with zero attached hydrogens (tertiary/aromatic N) is 2. The molecule has 0 aliphatic carbocycles. The van der Waals surface area contributed by atoms with E-state index in [0.717, 1.165) is 6.07 Å². The summed E-state index contributed by atoms with van der Waals surface area (Å²) in [4.78, 5) is 28.1. The van der Waals surface area contributed by atoms with Crippen molar-refractivity contribution < 1.29 is 54.8 Å². The number of benzene rings is 1. The maximum atomic E-state index is 10.4. The Labute approximate surface area is 136 Å². The quantitative estimate of drug-likeness (QED) is 0.567. The molecule has 0 saturated heterocycles. The van der Waals surface area contributed by atoms with Gasteiger partial charge in [-0.25, -0.2) is 4.79 Å². The monoisotopic (exact) mass is 286 g/mol. The third kappa shape index (κ3) is 7.59. The van der Waals surface area contributed by atoms with Gasteiger partial charge >= 0.3 is 35.5 Å². The summed E-state index contributed by atoms with van der Waals surface area (Å²) in [5, 5.41) is 18.7. The van der Waals surface area contributed by atoms with Gasteiger partial charge in [0.25, 0.3) is 0 Å². The SMILES string of the molecule is O.O=C([O-])c1cccc(C(=O)O)c1.[Na+].c1cnccn1. The van der Waals surface area contributed by atoms with Crippen LogP contribution in [-0.4, -0.2) is 32.5 Å². The molecule has 20 heavy (non-hydrogen) atoms. The Morgan fingerprint density at radius 2 is 1.45 bits per heavy atom. The van der Waals surface area contributed by atoms with Crippen LogP contribution in [0, 0.1) is 0 Å². The first-order valence-corrected chi connectivity index (χ1v) is 4.86. The number of carbonyl (C=O) groups is 2. The van der Waals surface area contributed by atoms with Crippen molar-refractivity contribution in [3.63, 3.8) is 0 Å².